The molecule has 5 nitrogen and oxygen atoms in total. The minimum Gasteiger partial charge on any atom is -0.481 e. The van der Waals surface area contributed by atoms with Crippen LogP contribution in [0, 0.1) is 0 Å². The summed E-state index contributed by atoms with van der Waals surface area (Å²) in [4.78, 5) is 24.8. The monoisotopic (exact) mass is 334 g/mol. The Kier molecular flexibility index (Phi) is 6.14. The quantitative estimate of drug-likeness (QED) is 0.839. The molecule has 2 N–H and O–H groups in total. The molecule has 0 radical (unpaired) electrons. The third kappa shape index (κ3) is 5.05. The zero-order valence-corrected chi connectivity index (χ0v) is 12.4. The summed E-state index contributed by atoms with van der Waals surface area (Å²) in [6.45, 7) is 3.00. The maximum atomic E-state index is 11.8. The van der Waals surface area contributed by atoms with Gasteiger partial charge < -0.3 is 15.3 Å². The van der Waals surface area contributed by atoms with Gasteiger partial charge in [-0.15, -0.1) is 11.3 Å². The van der Waals surface area contributed by atoms with E-state index in [9.17, 15) is 9.59 Å². The minimum absolute atomic E-state index is 0.0359. The number of carbonyl (C=O) groups excluding carboxylic acids is 1. The van der Waals surface area contributed by atoms with E-state index in [1.165, 1.54) is 4.90 Å². The number of rotatable bonds is 6. The number of hydrogen-bond donors (Lipinski definition) is 2. The van der Waals surface area contributed by atoms with Crippen LogP contribution < -0.4 is 5.32 Å². The van der Waals surface area contributed by atoms with Crippen LogP contribution in [0.3, 0.4) is 0 Å². The summed E-state index contributed by atoms with van der Waals surface area (Å²) in [6, 6.07) is 1.71. The lowest BCUT2D eigenvalue weighted by Crippen LogP contribution is -2.40. The zero-order chi connectivity index (χ0) is 13.5. The number of carbonyl (C=O) groups is 2. The van der Waals surface area contributed by atoms with Gasteiger partial charge in [0.05, 0.1) is 13.0 Å². The second-order valence-corrected chi connectivity index (χ2v) is 5.52. The SMILES string of the molecule is CCN(CCC(=O)O)C(=O)NCc1cc(Br)cs1. The largest absolute Gasteiger partial charge is 0.481 e. The van der Waals surface area contributed by atoms with Crippen molar-refractivity contribution in [2.75, 3.05) is 13.1 Å². The minimum atomic E-state index is -0.900. The van der Waals surface area contributed by atoms with Gasteiger partial charge in [0.15, 0.2) is 0 Å². The fourth-order valence-corrected chi connectivity index (χ4v) is 2.75. The number of hydrogen-bond acceptors (Lipinski definition) is 3. The van der Waals surface area contributed by atoms with Gasteiger partial charge in [0, 0.05) is 27.8 Å². The van der Waals surface area contributed by atoms with Crippen LogP contribution in [0.15, 0.2) is 15.9 Å². The van der Waals surface area contributed by atoms with E-state index in [1.807, 2.05) is 18.4 Å². The summed E-state index contributed by atoms with van der Waals surface area (Å²) in [5, 5.41) is 13.3. The third-order valence-corrected chi connectivity index (χ3v) is 4.00. The molecule has 7 heteroatoms. The molecule has 0 saturated heterocycles. The molecule has 2 amide bonds. The first kappa shape index (κ1) is 15.0. The van der Waals surface area contributed by atoms with Crippen molar-refractivity contribution in [3.8, 4) is 0 Å². The second kappa shape index (κ2) is 7.38. The number of nitrogens with one attached hydrogen (secondary N) is 1. The Morgan fingerprint density at radius 3 is 2.78 bits per heavy atom. The summed E-state index contributed by atoms with van der Waals surface area (Å²) < 4.78 is 0.995. The first-order valence-corrected chi connectivity index (χ1v) is 7.17. The molecule has 0 spiro atoms. The number of amides is 2. The molecule has 0 aromatic carbocycles. The number of carboxylic acids is 1. The number of halogens is 1. The average Bonchev–Trinajstić information content (AvgIpc) is 2.73. The first-order valence-electron chi connectivity index (χ1n) is 5.50. The Morgan fingerprint density at radius 2 is 2.28 bits per heavy atom. The van der Waals surface area contributed by atoms with Crippen molar-refractivity contribution < 1.29 is 14.7 Å². The molecule has 0 bridgehead atoms. The van der Waals surface area contributed by atoms with E-state index in [0.29, 0.717) is 13.1 Å². The van der Waals surface area contributed by atoms with Crippen LogP contribution in [-0.4, -0.2) is 35.1 Å². The molecule has 0 saturated carbocycles. The standard InChI is InChI=1S/C11H15BrN2O3S/c1-2-14(4-3-10(15)16)11(17)13-6-9-5-8(12)7-18-9/h5,7H,2-4,6H2,1H3,(H,13,17)(H,15,16). The summed E-state index contributed by atoms with van der Waals surface area (Å²) in [6.07, 6.45) is -0.0359. The van der Waals surface area contributed by atoms with Crippen LogP contribution in [0.4, 0.5) is 4.79 Å². The van der Waals surface area contributed by atoms with Crippen molar-refractivity contribution in [3.63, 3.8) is 0 Å². The normalized spacial score (nSPS) is 10.1. The van der Waals surface area contributed by atoms with E-state index in [-0.39, 0.29) is 19.0 Å². The summed E-state index contributed by atoms with van der Waals surface area (Å²) in [5.41, 5.74) is 0. The maximum absolute atomic E-state index is 11.8. The van der Waals surface area contributed by atoms with E-state index in [2.05, 4.69) is 21.2 Å². The topological polar surface area (TPSA) is 69.6 Å². The number of carboxylic acid groups (broad SMARTS) is 1. The van der Waals surface area contributed by atoms with Gasteiger partial charge >= 0.3 is 12.0 Å². The molecule has 0 atom stereocenters. The molecule has 1 heterocycles. The molecule has 0 fully saturated rings. The maximum Gasteiger partial charge on any atom is 0.317 e. The lowest BCUT2D eigenvalue weighted by atomic mass is 10.4. The Hall–Kier alpha value is -1.08. The fourth-order valence-electron chi connectivity index (χ4n) is 1.35. The highest BCUT2D eigenvalue weighted by atomic mass is 79.9. The van der Waals surface area contributed by atoms with Crippen molar-refractivity contribution in [1.29, 1.82) is 0 Å². The lowest BCUT2D eigenvalue weighted by Gasteiger charge is -2.20. The highest BCUT2D eigenvalue weighted by Gasteiger charge is 2.12. The molecule has 18 heavy (non-hydrogen) atoms. The van der Waals surface area contributed by atoms with Crippen LogP contribution in [0.1, 0.15) is 18.2 Å². The fraction of sp³-hybridized carbons (Fsp3) is 0.455. The van der Waals surface area contributed by atoms with E-state index >= 15 is 0 Å². The van der Waals surface area contributed by atoms with Crippen LogP contribution in [0.25, 0.3) is 0 Å². The second-order valence-electron chi connectivity index (χ2n) is 3.61. The van der Waals surface area contributed by atoms with Crippen molar-refractivity contribution >= 4 is 39.3 Å². The van der Waals surface area contributed by atoms with Crippen molar-refractivity contribution in [2.24, 2.45) is 0 Å². The lowest BCUT2D eigenvalue weighted by molar-refractivity contribution is -0.137. The molecular weight excluding hydrogens is 320 g/mol. The zero-order valence-electron chi connectivity index (χ0n) is 9.98. The van der Waals surface area contributed by atoms with Gasteiger partial charge in [0.25, 0.3) is 0 Å². The van der Waals surface area contributed by atoms with E-state index < -0.39 is 5.97 Å². The molecule has 0 unspecified atom stereocenters. The van der Waals surface area contributed by atoms with Crippen molar-refractivity contribution in [1.82, 2.24) is 10.2 Å². The van der Waals surface area contributed by atoms with Crippen molar-refractivity contribution in [2.45, 2.75) is 19.9 Å². The highest BCUT2D eigenvalue weighted by Crippen LogP contribution is 2.19. The molecule has 0 aliphatic rings. The predicted molar refractivity (Wildman–Crippen MR) is 73.8 cm³/mol. The van der Waals surface area contributed by atoms with Crippen LogP contribution in [0.5, 0.6) is 0 Å². The van der Waals surface area contributed by atoms with Crippen molar-refractivity contribution in [3.05, 3.63) is 20.8 Å². The van der Waals surface area contributed by atoms with Gasteiger partial charge in [-0.2, -0.15) is 0 Å². The number of nitrogens with zero attached hydrogens (tertiary/aromatic N) is 1. The Morgan fingerprint density at radius 1 is 1.56 bits per heavy atom. The molecular formula is C11H15BrN2O3S. The smallest absolute Gasteiger partial charge is 0.317 e. The van der Waals surface area contributed by atoms with E-state index in [1.54, 1.807) is 11.3 Å². The molecule has 1 aromatic heterocycles. The number of aliphatic carboxylic acids is 1. The molecule has 1 aromatic rings. The van der Waals surface area contributed by atoms with Crippen LogP contribution >= 0.6 is 27.3 Å². The van der Waals surface area contributed by atoms with Gasteiger partial charge in [-0.3, -0.25) is 4.79 Å². The van der Waals surface area contributed by atoms with Gasteiger partial charge in [-0.1, -0.05) is 0 Å². The summed E-state index contributed by atoms with van der Waals surface area (Å²) >= 11 is 4.90. The van der Waals surface area contributed by atoms with E-state index in [4.69, 9.17) is 5.11 Å². The Labute approximate surface area is 118 Å². The predicted octanol–water partition coefficient (Wildman–Crippen LogP) is 2.52. The molecule has 1 rings (SSSR count). The van der Waals surface area contributed by atoms with Crippen LogP contribution in [-0.2, 0) is 11.3 Å². The molecule has 100 valence electrons. The molecule has 0 aliphatic heterocycles. The summed E-state index contributed by atoms with van der Waals surface area (Å²) in [5.74, 6) is -0.900. The first-order chi connectivity index (χ1) is 8.52. The van der Waals surface area contributed by atoms with Crippen LogP contribution in [0.2, 0.25) is 0 Å². The van der Waals surface area contributed by atoms with Gasteiger partial charge in [0.1, 0.15) is 0 Å². The van der Waals surface area contributed by atoms with Gasteiger partial charge in [0.2, 0.25) is 0 Å². The Balaban J connectivity index is 2.39. The molecule has 0 aliphatic carbocycles. The average molecular weight is 335 g/mol. The highest BCUT2D eigenvalue weighted by molar-refractivity contribution is 9.10. The number of thiophene rings is 1. The summed E-state index contributed by atoms with van der Waals surface area (Å²) in [7, 11) is 0. The van der Waals surface area contributed by atoms with Gasteiger partial charge in [-0.05, 0) is 28.9 Å². The van der Waals surface area contributed by atoms with Gasteiger partial charge in [-0.25, -0.2) is 4.79 Å². The third-order valence-electron chi connectivity index (χ3n) is 2.30. The van der Waals surface area contributed by atoms with E-state index in [0.717, 1.165) is 9.35 Å². The number of urea groups is 1. The Bertz CT molecular complexity index is 422.